The molecule has 3 aliphatic carbocycles. The molecule has 6 unspecified atom stereocenters. The maximum Gasteiger partial charge on any atom is 0.240 e. The van der Waals surface area contributed by atoms with Crippen LogP contribution in [-0.4, -0.2) is 29.1 Å². The summed E-state index contributed by atoms with van der Waals surface area (Å²) in [6.07, 6.45) is 6.93. The van der Waals surface area contributed by atoms with Gasteiger partial charge in [0.15, 0.2) is 0 Å². The van der Waals surface area contributed by atoms with Gasteiger partial charge in [0, 0.05) is 6.04 Å². The monoisotopic (exact) mass is 248 g/mol. The average Bonchev–Trinajstić information content (AvgIpc) is 2.69. The Morgan fingerprint density at radius 3 is 2.56 bits per heavy atom. The minimum absolute atomic E-state index is 0.0422. The van der Waals surface area contributed by atoms with Crippen molar-refractivity contribution < 1.29 is 4.79 Å². The van der Waals surface area contributed by atoms with Crippen molar-refractivity contribution in [3.8, 4) is 0 Å². The Morgan fingerprint density at radius 1 is 1.28 bits per heavy atom. The number of amides is 1. The highest BCUT2D eigenvalue weighted by molar-refractivity contribution is 5.84. The molecule has 1 amide bonds. The molecule has 2 bridgehead atoms. The van der Waals surface area contributed by atoms with Gasteiger partial charge in [0.1, 0.15) is 0 Å². The summed E-state index contributed by atoms with van der Waals surface area (Å²) in [4.78, 5) is 14.7. The zero-order valence-electron chi connectivity index (χ0n) is 11.4. The van der Waals surface area contributed by atoms with E-state index in [-0.39, 0.29) is 6.04 Å². The smallest absolute Gasteiger partial charge is 0.240 e. The summed E-state index contributed by atoms with van der Waals surface area (Å²) in [7, 11) is 0. The number of hydrogen-bond acceptors (Lipinski definition) is 2. The lowest BCUT2D eigenvalue weighted by atomic mass is 10.0. The lowest BCUT2D eigenvalue weighted by Crippen LogP contribution is -2.41. The second-order valence-electron chi connectivity index (χ2n) is 6.92. The van der Waals surface area contributed by atoms with Gasteiger partial charge in [-0.1, -0.05) is 13.3 Å². The van der Waals surface area contributed by atoms with Crippen LogP contribution in [0.5, 0.6) is 0 Å². The summed E-state index contributed by atoms with van der Waals surface area (Å²) in [5.74, 6) is 4.03. The van der Waals surface area contributed by atoms with Gasteiger partial charge in [-0.3, -0.25) is 10.1 Å². The van der Waals surface area contributed by atoms with Crippen molar-refractivity contribution in [1.29, 1.82) is 0 Å². The van der Waals surface area contributed by atoms with Gasteiger partial charge < -0.3 is 4.90 Å². The Balaban J connectivity index is 1.55. The van der Waals surface area contributed by atoms with E-state index in [2.05, 4.69) is 17.1 Å². The average molecular weight is 248 g/mol. The van der Waals surface area contributed by atoms with Gasteiger partial charge in [-0.05, 0) is 56.3 Å². The van der Waals surface area contributed by atoms with Crippen LogP contribution in [0.3, 0.4) is 0 Å². The number of carbonyl (C=O) groups is 1. The molecule has 0 aromatic heterocycles. The van der Waals surface area contributed by atoms with Crippen molar-refractivity contribution in [2.75, 3.05) is 0 Å². The van der Waals surface area contributed by atoms with E-state index in [1.54, 1.807) is 0 Å². The molecule has 1 N–H and O–H groups in total. The molecule has 0 radical (unpaired) electrons. The van der Waals surface area contributed by atoms with Crippen LogP contribution in [-0.2, 0) is 4.79 Å². The molecule has 3 nitrogen and oxygen atoms in total. The highest BCUT2D eigenvalue weighted by atomic mass is 16.2. The molecular weight excluding hydrogens is 224 g/mol. The van der Waals surface area contributed by atoms with E-state index in [0.29, 0.717) is 18.1 Å². The normalized spacial score (nSPS) is 53.1. The molecule has 0 aromatic rings. The van der Waals surface area contributed by atoms with E-state index in [1.807, 2.05) is 6.92 Å². The molecule has 0 spiro atoms. The number of rotatable bonds is 3. The van der Waals surface area contributed by atoms with E-state index < -0.39 is 0 Å². The predicted molar refractivity (Wildman–Crippen MR) is 69.7 cm³/mol. The van der Waals surface area contributed by atoms with Gasteiger partial charge in [0.25, 0.3) is 0 Å². The van der Waals surface area contributed by atoms with Crippen LogP contribution < -0.4 is 5.32 Å². The van der Waals surface area contributed by atoms with Crippen molar-refractivity contribution in [1.82, 2.24) is 10.2 Å². The molecule has 100 valence electrons. The molecule has 0 aromatic carbocycles. The molecule has 4 aliphatic rings. The summed E-state index contributed by atoms with van der Waals surface area (Å²) in [6, 6.07) is 0.651. The minimum atomic E-state index is 0.0422. The zero-order chi connectivity index (χ0) is 12.4. The Labute approximate surface area is 109 Å². The van der Waals surface area contributed by atoms with E-state index in [1.165, 1.54) is 19.3 Å². The van der Waals surface area contributed by atoms with Crippen LogP contribution in [0.2, 0.25) is 0 Å². The fourth-order valence-corrected chi connectivity index (χ4v) is 5.32. The third-order valence-corrected chi connectivity index (χ3v) is 5.98. The largest absolute Gasteiger partial charge is 0.322 e. The Kier molecular flexibility index (Phi) is 2.33. The van der Waals surface area contributed by atoms with Crippen molar-refractivity contribution >= 4 is 5.91 Å². The van der Waals surface area contributed by atoms with Crippen molar-refractivity contribution in [3.05, 3.63) is 0 Å². The Morgan fingerprint density at radius 2 is 1.94 bits per heavy atom. The predicted octanol–water partition coefficient (Wildman–Crippen LogP) is 1.98. The van der Waals surface area contributed by atoms with Gasteiger partial charge in [-0.2, -0.15) is 0 Å². The van der Waals surface area contributed by atoms with Crippen LogP contribution in [0, 0.1) is 23.7 Å². The van der Waals surface area contributed by atoms with Crippen LogP contribution in [0.1, 0.15) is 46.0 Å². The molecule has 4 fully saturated rings. The van der Waals surface area contributed by atoms with E-state index in [9.17, 15) is 4.79 Å². The highest BCUT2D eigenvalue weighted by Gasteiger charge is 2.68. The number of nitrogens with zero attached hydrogens (tertiary/aromatic N) is 1. The van der Waals surface area contributed by atoms with Gasteiger partial charge in [0.2, 0.25) is 5.91 Å². The lowest BCUT2D eigenvalue weighted by Gasteiger charge is -2.27. The molecule has 1 heterocycles. The van der Waals surface area contributed by atoms with Crippen LogP contribution in [0.15, 0.2) is 0 Å². The number of fused-ring (bicyclic) bond motifs is 5. The Hall–Kier alpha value is -0.570. The summed E-state index contributed by atoms with van der Waals surface area (Å²) in [5.41, 5.74) is 0. The Bertz CT molecular complexity index is 367. The van der Waals surface area contributed by atoms with Crippen molar-refractivity contribution in [2.24, 2.45) is 23.7 Å². The molecule has 6 atom stereocenters. The first-order valence-electron chi connectivity index (χ1n) is 7.80. The lowest BCUT2D eigenvalue weighted by molar-refractivity contribution is -0.131. The second-order valence-corrected chi connectivity index (χ2v) is 6.92. The molecule has 4 rings (SSSR count). The standard InChI is InChI=1S/C15H24N2O/c1-3-4-11-16-8(2)15(18)17(11)14-12-9-5-6-10(7-9)13(12)14/h8-14,16H,3-7H2,1-2H3. The third kappa shape index (κ3) is 1.31. The first kappa shape index (κ1) is 11.3. The van der Waals surface area contributed by atoms with Gasteiger partial charge in [0.05, 0.1) is 12.2 Å². The molecule has 3 saturated carbocycles. The molecule has 3 heteroatoms. The first-order chi connectivity index (χ1) is 8.72. The maximum atomic E-state index is 12.4. The van der Waals surface area contributed by atoms with Crippen molar-refractivity contribution in [2.45, 2.75) is 64.2 Å². The van der Waals surface area contributed by atoms with Crippen LogP contribution in [0.4, 0.5) is 0 Å². The topological polar surface area (TPSA) is 32.3 Å². The molecular formula is C15H24N2O. The van der Waals surface area contributed by atoms with E-state index in [0.717, 1.165) is 36.5 Å². The van der Waals surface area contributed by atoms with Crippen LogP contribution in [0.25, 0.3) is 0 Å². The van der Waals surface area contributed by atoms with Crippen molar-refractivity contribution in [3.63, 3.8) is 0 Å². The number of hydrogen-bond donors (Lipinski definition) is 1. The fourth-order valence-electron chi connectivity index (χ4n) is 5.32. The summed E-state index contributed by atoms with van der Waals surface area (Å²) in [5, 5.41) is 3.49. The first-order valence-corrected chi connectivity index (χ1v) is 7.80. The number of nitrogens with one attached hydrogen (secondary N) is 1. The third-order valence-electron chi connectivity index (χ3n) is 5.98. The van der Waals surface area contributed by atoms with Crippen LogP contribution >= 0.6 is 0 Å². The van der Waals surface area contributed by atoms with Gasteiger partial charge in [-0.25, -0.2) is 0 Å². The van der Waals surface area contributed by atoms with Gasteiger partial charge in [-0.15, -0.1) is 0 Å². The minimum Gasteiger partial charge on any atom is -0.322 e. The zero-order valence-corrected chi connectivity index (χ0v) is 11.4. The summed E-state index contributed by atoms with van der Waals surface area (Å²) in [6.45, 7) is 4.24. The summed E-state index contributed by atoms with van der Waals surface area (Å²) < 4.78 is 0. The molecule has 18 heavy (non-hydrogen) atoms. The SMILES string of the molecule is CCCC1NC(C)C(=O)N1C1C2C3CCC(C3)C21. The molecule has 1 aliphatic heterocycles. The van der Waals surface area contributed by atoms with E-state index in [4.69, 9.17) is 0 Å². The molecule has 1 saturated heterocycles. The quantitative estimate of drug-likeness (QED) is 0.828. The van der Waals surface area contributed by atoms with Gasteiger partial charge >= 0.3 is 0 Å². The second kappa shape index (κ2) is 3.72. The maximum absolute atomic E-state index is 12.4. The van der Waals surface area contributed by atoms with E-state index >= 15 is 0 Å². The summed E-state index contributed by atoms with van der Waals surface area (Å²) >= 11 is 0. The fraction of sp³-hybridized carbons (Fsp3) is 0.933. The highest BCUT2D eigenvalue weighted by Crippen LogP contribution is 2.67. The number of carbonyl (C=O) groups excluding carboxylic acids is 1.